The number of rotatable bonds is 10. The van der Waals surface area contributed by atoms with Crippen molar-refractivity contribution >= 4 is 29.9 Å². The van der Waals surface area contributed by atoms with Crippen molar-refractivity contribution in [1.29, 1.82) is 0 Å². The maximum Gasteiger partial charge on any atom is 0.191 e. The highest BCUT2D eigenvalue weighted by molar-refractivity contribution is 14.0. The molecule has 1 saturated heterocycles. The molecule has 0 radical (unpaired) electrons. The van der Waals surface area contributed by atoms with Gasteiger partial charge in [0.2, 0.25) is 0 Å². The van der Waals surface area contributed by atoms with Crippen LogP contribution < -0.4 is 15.4 Å². The fourth-order valence-corrected chi connectivity index (χ4v) is 3.79. The number of hydrogen-bond donors (Lipinski definition) is 3. The molecular weight excluding hydrogens is 533 g/mol. The van der Waals surface area contributed by atoms with E-state index in [9.17, 15) is 0 Å². The maximum absolute atomic E-state index is 5.53. The summed E-state index contributed by atoms with van der Waals surface area (Å²) in [5, 5.41) is 14.2. The van der Waals surface area contributed by atoms with Gasteiger partial charge in [-0.1, -0.05) is 13.8 Å². The Labute approximate surface area is 214 Å². The van der Waals surface area contributed by atoms with Gasteiger partial charge in [0, 0.05) is 37.8 Å². The van der Waals surface area contributed by atoms with E-state index >= 15 is 0 Å². The number of methoxy groups -OCH3 is 1. The molecule has 0 saturated carbocycles. The monoisotopic (exact) mass is 571 g/mol. The summed E-state index contributed by atoms with van der Waals surface area (Å²) in [7, 11) is 1.65. The Kier molecular flexibility index (Phi) is 11.9. The van der Waals surface area contributed by atoms with Crippen LogP contribution in [0.3, 0.4) is 0 Å². The van der Waals surface area contributed by atoms with E-state index in [-0.39, 0.29) is 24.0 Å². The van der Waals surface area contributed by atoms with Crippen LogP contribution in [-0.4, -0.2) is 78.6 Å². The maximum atomic E-state index is 5.53. The lowest BCUT2D eigenvalue weighted by atomic mass is 10.0. The van der Waals surface area contributed by atoms with Gasteiger partial charge >= 0.3 is 0 Å². The third-order valence-corrected chi connectivity index (χ3v) is 5.42. The molecule has 2 heterocycles. The summed E-state index contributed by atoms with van der Waals surface area (Å²) < 4.78 is 10.7. The van der Waals surface area contributed by atoms with E-state index in [0.29, 0.717) is 24.3 Å². The SMILES string of the molecule is CCNC(=NCc1nc(-c2ccc(OC)cc2)n[nH]1)NCC(CC(C)C)N1CCOCC1.I. The first-order valence-electron chi connectivity index (χ1n) is 11.5. The second kappa shape index (κ2) is 14.4. The van der Waals surface area contributed by atoms with Gasteiger partial charge in [0.05, 0.1) is 20.3 Å². The van der Waals surface area contributed by atoms with E-state index in [1.165, 1.54) is 0 Å². The summed E-state index contributed by atoms with van der Waals surface area (Å²) in [6, 6.07) is 8.15. The first kappa shape index (κ1) is 27.3. The molecule has 3 N–H and O–H groups in total. The van der Waals surface area contributed by atoms with Crippen LogP contribution in [0.5, 0.6) is 5.75 Å². The first-order chi connectivity index (χ1) is 15.6. The predicted molar refractivity (Wildman–Crippen MR) is 142 cm³/mol. The van der Waals surface area contributed by atoms with Gasteiger partial charge in [-0.05, 0) is 43.5 Å². The Morgan fingerprint density at radius 3 is 2.58 bits per heavy atom. The average molecular weight is 572 g/mol. The Morgan fingerprint density at radius 2 is 1.94 bits per heavy atom. The van der Waals surface area contributed by atoms with E-state index in [0.717, 1.165) is 68.9 Å². The van der Waals surface area contributed by atoms with E-state index in [1.54, 1.807) is 7.11 Å². The van der Waals surface area contributed by atoms with Gasteiger partial charge in [-0.25, -0.2) is 9.98 Å². The number of hydrogen-bond acceptors (Lipinski definition) is 6. The van der Waals surface area contributed by atoms with Crippen molar-refractivity contribution in [3.63, 3.8) is 0 Å². The van der Waals surface area contributed by atoms with Crippen molar-refractivity contribution in [2.75, 3.05) is 46.5 Å². The number of aromatic amines is 1. The van der Waals surface area contributed by atoms with Gasteiger partial charge in [0.1, 0.15) is 18.1 Å². The second-order valence-electron chi connectivity index (χ2n) is 8.34. The molecule has 1 aromatic carbocycles. The van der Waals surface area contributed by atoms with E-state index in [4.69, 9.17) is 14.5 Å². The second-order valence-corrected chi connectivity index (χ2v) is 8.34. The number of aromatic nitrogens is 3. The van der Waals surface area contributed by atoms with Crippen LogP contribution in [0, 0.1) is 5.92 Å². The van der Waals surface area contributed by atoms with Crippen LogP contribution in [0.4, 0.5) is 0 Å². The standard InChI is InChI=1S/C23H37N7O2.HI/c1-5-24-23(25-15-19(14-17(2)3)30-10-12-32-13-11-30)26-16-21-27-22(29-28-21)18-6-8-20(31-4)9-7-18;/h6-9,17,19H,5,10-16H2,1-4H3,(H2,24,25,26)(H,27,28,29);1H. The Bertz CT molecular complexity index is 836. The lowest BCUT2D eigenvalue weighted by Crippen LogP contribution is -2.51. The van der Waals surface area contributed by atoms with Crippen LogP contribution in [0.15, 0.2) is 29.3 Å². The fraction of sp³-hybridized carbons (Fsp3) is 0.609. The van der Waals surface area contributed by atoms with Crippen molar-refractivity contribution in [1.82, 2.24) is 30.7 Å². The molecular formula is C23H38IN7O2. The molecule has 1 aliphatic heterocycles. The molecule has 0 spiro atoms. The molecule has 1 fully saturated rings. The highest BCUT2D eigenvalue weighted by Gasteiger charge is 2.22. The van der Waals surface area contributed by atoms with Gasteiger partial charge in [-0.3, -0.25) is 10.00 Å². The summed E-state index contributed by atoms with van der Waals surface area (Å²) >= 11 is 0. The van der Waals surface area contributed by atoms with Gasteiger partial charge in [0.15, 0.2) is 11.8 Å². The minimum Gasteiger partial charge on any atom is -0.497 e. The molecule has 0 aliphatic carbocycles. The number of aliphatic imine (C=N–C) groups is 1. The summed E-state index contributed by atoms with van der Waals surface area (Å²) in [6.07, 6.45) is 1.14. The quantitative estimate of drug-likeness (QED) is 0.229. The molecule has 184 valence electrons. The zero-order chi connectivity index (χ0) is 22.8. The van der Waals surface area contributed by atoms with Crippen molar-refractivity contribution in [3.8, 4) is 17.1 Å². The largest absolute Gasteiger partial charge is 0.497 e. The predicted octanol–water partition coefficient (Wildman–Crippen LogP) is 2.90. The fourth-order valence-electron chi connectivity index (χ4n) is 3.79. The highest BCUT2D eigenvalue weighted by atomic mass is 127. The van der Waals surface area contributed by atoms with Crippen LogP contribution in [0.25, 0.3) is 11.4 Å². The molecule has 1 unspecified atom stereocenters. The lowest BCUT2D eigenvalue weighted by Gasteiger charge is -2.35. The zero-order valence-electron chi connectivity index (χ0n) is 20.1. The summed E-state index contributed by atoms with van der Waals surface area (Å²) in [4.78, 5) is 11.8. The van der Waals surface area contributed by atoms with E-state index in [1.807, 2.05) is 24.3 Å². The smallest absolute Gasteiger partial charge is 0.191 e. The number of nitrogens with zero attached hydrogens (tertiary/aromatic N) is 4. The summed E-state index contributed by atoms with van der Waals surface area (Å²) in [5.74, 6) is 3.61. The minimum atomic E-state index is 0. The summed E-state index contributed by atoms with van der Waals surface area (Å²) in [6.45, 7) is 12.3. The number of benzene rings is 1. The Hall–Kier alpha value is -1.92. The van der Waals surface area contributed by atoms with Gasteiger partial charge < -0.3 is 20.1 Å². The minimum absolute atomic E-state index is 0. The summed E-state index contributed by atoms with van der Waals surface area (Å²) in [5.41, 5.74) is 0.935. The van der Waals surface area contributed by atoms with Gasteiger partial charge in [-0.2, -0.15) is 5.10 Å². The molecule has 9 nitrogen and oxygen atoms in total. The van der Waals surface area contributed by atoms with Crippen molar-refractivity contribution in [2.45, 2.75) is 39.8 Å². The molecule has 2 aromatic rings. The normalized spacial score (nSPS) is 15.7. The van der Waals surface area contributed by atoms with Crippen LogP contribution in [0.2, 0.25) is 0 Å². The molecule has 3 rings (SSSR count). The molecule has 0 amide bonds. The highest BCUT2D eigenvalue weighted by Crippen LogP contribution is 2.19. The number of nitrogens with one attached hydrogen (secondary N) is 3. The van der Waals surface area contributed by atoms with Crippen LogP contribution in [0.1, 0.15) is 33.0 Å². The molecule has 10 heteroatoms. The van der Waals surface area contributed by atoms with E-state index in [2.05, 4.69) is 51.5 Å². The Balaban J connectivity index is 0.00000385. The van der Waals surface area contributed by atoms with Crippen molar-refractivity contribution in [3.05, 3.63) is 30.1 Å². The Morgan fingerprint density at radius 1 is 1.21 bits per heavy atom. The number of guanidine groups is 1. The average Bonchev–Trinajstić information content (AvgIpc) is 3.29. The lowest BCUT2D eigenvalue weighted by molar-refractivity contribution is 0.0132. The number of ether oxygens (including phenoxy) is 2. The van der Waals surface area contributed by atoms with Crippen molar-refractivity contribution < 1.29 is 9.47 Å². The number of halogens is 1. The first-order valence-corrected chi connectivity index (χ1v) is 11.5. The third kappa shape index (κ3) is 8.74. The zero-order valence-corrected chi connectivity index (χ0v) is 22.5. The van der Waals surface area contributed by atoms with Crippen LogP contribution >= 0.6 is 24.0 Å². The molecule has 33 heavy (non-hydrogen) atoms. The van der Waals surface area contributed by atoms with Crippen molar-refractivity contribution in [2.24, 2.45) is 10.9 Å². The van der Waals surface area contributed by atoms with Gasteiger partial charge in [0.25, 0.3) is 0 Å². The molecule has 0 bridgehead atoms. The van der Waals surface area contributed by atoms with E-state index < -0.39 is 0 Å². The molecule has 1 aliphatic rings. The molecule has 1 atom stereocenters. The molecule has 1 aromatic heterocycles. The number of H-pyrrole nitrogens is 1. The third-order valence-electron chi connectivity index (χ3n) is 5.42. The van der Waals surface area contributed by atoms with Crippen LogP contribution in [-0.2, 0) is 11.3 Å². The topological polar surface area (TPSA) is 99.7 Å². The number of morpholine rings is 1. The van der Waals surface area contributed by atoms with Gasteiger partial charge in [-0.15, -0.1) is 24.0 Å².